The Hall–Kier alpha value is -2.07. The van der Waals surface area contributed by atoms with Gasteiger partial charge in [-0.1, -0.05) is 6.92 Å². The van der Waals surface area contributed by atoms with Crippen molar-refractivity contribution in [2.45, 2.75) is 72.1 Å². The van der Waals surface area contributed by atoms with E-state index in [1.807, 2.05) is 0 Å². The number of ketones is 1. The first-order valence-corrected chi connectivity index (χ1v) is 11.4. The number of carbonyl (C=O) groups excluding carboxylic acids is 3. The van der Waals surface area contributed by atoms with Crippen LogP contribution >= 0.6 is 0 Å². The Bertz CT molecular complexity index is 633. The van der Waals surface area contributed by atoms with E-state index in [0.29, 0.717) is 32.5 Å². The lowest BCUT2D eigenvalue weighted by Crippen LogP contribution is -2.56. The monoisotopic (exact) mass is 459 g/mol. The highest BCUT2D eigenvalue weighted by atomic mass is 16.7. The first-order chi connectivity index (χ1) is 15.3. The van der Waals surface area contributed by atoms with Gasteiger partial charge in [0.25, 0.3) is 0 Å². The van der Waals surface area contributed by atoms with E-state index in [2.05, 4.69) is 4.74 Å². The van der Waals surface area contributed by atoms with Crippen LogP contribution < -0.4 is 0 Å². The summed E-state index contributed by atoms with van der Waals surface area (Å²) in [6.07, 6.45) is 0.347. The highest BCUT2D eigenvalue weighted by molar-refractivity contribution is 6.01. The second-order valence-electron chi connectivity index (χ2n) is 7.79. The fraction of sp³-hybridized carbons (Fsp3) is 0.864. The zero-order chi connectivity index (χ0) is 24.3. The van der Waals surface area contributed by atoms with Crippen LogP contribution in [0.25, 0.3) is 0 Å². The second kappa shape index (κ2) is 14.2. The molecule has 0 N–H and O–H groups in total. The fourth-order valence-electron chi connectivity index (χ4n) is 4.75. The van der Waals surface area contributed by atoms with Gasteiger partial charge in [0.05, 0.1) is 19.6 Å². The quantitative estimate of drug-likeness (QED) is 0.126. The predicted octanol–water partition coefficient (Wildman–Crippen LogP) is 2.78. The van der Waals surface area contributed by atoms with Crippen LogP contribution in [-0.4, -0.2) is 61.9 Å². The number of esters is 2. The summed E-state index contributed by atoms with van der Waals surface area (Å²) in [4.78, 5) is 49.6. The molecule has 5 atom stereocenters. The third kappa shape index (κ3) is 7.23. The third-order valence-electron chi connectivity index (χ3n) is 6.03. The average Bonchev–Trinajstić information content (AvgIpc) is 2.73. The van der Waals surface area contributed by atoms with Gasteiger partial charge in [0, 0.05) is 42.8 Å². The van der Waals surface area contributed by atoms with Crippen LogP contribution in [-0.2, 0) is 33.3 Å². The molecule has 0 aromatic carbocycles. The summed E-state index contributed by atoms with van der Waals surface area (Å²) >= 11 is 0. The Kier molecular flexibility index (Phi) is 12.4. The Labute approximate surface area is 189 Å². The lowest BCUT2D eigenvalue weighted by atomic mass is 9.61. The predicted molar refractivity (Wildman–Crippen MR) is 114 cm³/mol. The van der Waals surface area contributed by atoms with Gasteiger partial charge in [0.15, 0.2) is 12.1 Å². The van der Waals surface area contributed by atoms with Crippen molar-refractivity contribution in [3.05, 3.63) is 10.1 Å². The minimum Gasteiger partial charge on any atom is -0.469 e. The number of Topliss-reactive ketones (excluding diaryl/α,β-unsaturated/α-hetero) is 1. The minimum absolute atomic E-state index is 0.0203. The summed E-state index contributed by atoms with van der Waals surface area (Å²) < 4.78 is 21.0. The molecule has 0 bridgehead atoms. The van der Waals surface area contributed by atoms with Gasteiger partial charge < -0.3 is 18.9 Å². The number of hydrogen-bond acceptors (Lipinski definition) is 9. The molecule has 0 saturated heterocycles. The third-order valence-corrected chi connectivity index (χ3v) is 6.03. The topological polar surface area (TPSA) is 131 Å². The van der Waals surface area contributed by atoms with Crippen molar-refractivity contribution >= 4 is 17.7 Å². The molecule has 184 valence electrons. The zero-order valence-electron chi connectivity index (χ0n) is 19.7. The number of nitrogens with zero attached hydrogens (tertiary/aromatic N) is 1. The summed E-state index contributed by atoms with van der Waals surface area (Å²) in [5, 5.41) is 12.3. The van der Waals surface area contributed by atoms with Crippen LogP contribution in [0.15, 0.2) is 0 Å². The highest BCUT2D eigenvalue weighted by Gasteiger charge is 2.58. The molecule has 1 aliphatic rings. The first kappa shape index (κ1) is 28.0. The van der Waals surface area contributed by atoms with Crippen LogP contribution in [0.1, 0.15) is 59.8 Å². The van der Waals surface area contributed by atoms with Crippen LogP contribution in [0.3, 0.4) is 0 Å². The normalized spacial score (nSPS) is 25.6. The van der Waals surface area contributed by atoms with Crippen LogP contribution in [0.2, 0.25) is 0 Å². The van der Waals surface area contributed by atoms with Gasteiger partial charge in [0.1, 0.15) is 5.92 Å². The van der Waals surface area contributed by atoms with E-state index >= 15 is 0 Å². The van der Waals surface area contributed by atoms with Gasteiger partial charge in [0.2, 0.25) is 6.04 Å². The molecule has 0 aromatic rings. The highest BCUT2D eigenvalue weighted by Crippen LogP contribution is 2.44. The summed E-state index contributed by atoms with van der Waals surface area (Å²) in [6.45, 7) is 7.65. The van der Waals surface area contributed by atoms with Gasteiger partial charge in [-0.25, -0.2) is 0 Å². The van der Waals surface area contributed by atoms with Crippen molar-refractivity contribution in [1.82, 2.24) is 0 Å². The van der Waals surface area contributed by atoms with Gasteiger partial charge in [-0.3, -0.25) is 24.5 Å². The Morgan fingerprint density at radius 1 is 1.06 bits per heavy atom. The van der Waals surface area contributed by atoms with E-state index in [9.17, 15) is 24.5 Å². The molecule has 0 amide bonds. The smallest absolute Gasteiger partial charge is 0.317 e. The van der Waals surface area contributed by atoms with Crippen molar-refractivity contribution in [1.29, 1.82) is 0 Å². The summed E-state index contributed by atoms with van der Waals surface area (Å²) in [5.41, 5.74) is 0. The lowest BCUT2D eigenvalue weighted by Gasteiger charge is -2.41. The molecule has 0 aliphatic heterocycles. The molecule has 0 unspecified atom stereocenters. The molecule has 0 spiro atoms. The maximum Gasteiger partial charge on any atom is 0.317 e. The van der Waals surface area contributed by atoms with Crippen molar-refractivity contribution < 1.29 is 38.3 Å². The van der Waals surface area contributed by atoms with E-state index < -0.39 is 52.9 Å². The summed E-state index contributed by atoms with van der Waals surface area (Å²) in [5.74, 6) is -4.98. The number of carbonyl (C=O) groups is 3. The molecule has 1 saturated carbocycles. The number of hydrogen-bond donors (Lipinski definition) is 0. The molecule has 0 heterocycles. The van der Waals surface area contributed by atoms with Gasteiger partial charge >= 0.3 is 11.9 Å². The number of nitro groups is 1. The zero-order valence-corrected chi connectivity index (χ0v) is 19.7. The molecule has 1 rings (SSSR count). The first-order valence-electron chi connectivity index (χ1n) is 11.4. The van der Waals surface area contributed by atoms with Crippen molar-refractivity contribution in [2.24, 2.45) is 23.7 Å². The van der Waals surface area contributed by atoms with Crippen molar-refractivity contribution in [2.75, 3.05) is 26.9 Å². The molecular formula is C22H37NO9. The molecule has 10 heteroatoms. The van der Waals surface area contributed by atoms with Gasteiger partial charge in [-0.05, 0) is 40.0 Å². The molecule has 0 aromatic heterocycles. The summed E-state index contributed by atoms with van der Waals surface area (Å²) in [6, 6.07) is -1.17. The van der Waals surface area contributed by atoms with E-state index in [-0.39, 0.29) is 25.2 Å². The number of methoxy groups -OCH3 is 1. The largest absolute Gasteiger partial charge is 0.469 e. The van der Waals surface area contributed by atoms with Crippen molar-refractivity contribution in [3.8, 4) is 0 Å². The average molecular weight is 460 g/mol. The van der Waals surface area contributed by atoms with Gasteiger partial charge in [-0.15, -0.1) is 0 Å². The Balaban J connectivity index is 3.37. The van der Waals surface area contributed by atoms with E-state index in [4.69, 9.17) is 14.2 Å². The lowest BCUT2D eigenvalue weighted by molar-refractivity contribution is -0.548. The van der Waals surface area contributed by atoms with Crippen LogP contribution in [0, 0.1) is 33.8 Å². The molecular weight excluding hydrogens is 422 g/mol. The maximum atomic E-state index is 13.4. The van der Waals surface area contributed by atoms with Crippen LogP contribution in [0.5, 0.6) is 0 Å². The summed E-state index contributed by atoms with van der Waals surface area (Å²) in [7, 11) is 1.28. The van der Waals surface area contributed by atoms with Crippen molar-refractivity contribution in [3.63, 3.8) is 0 Å². The molecule has 32 heavy (non-hydrogen) atoms. The van der Waals surface area contributed by atoms with Gasteiger partial charge in [-0.2, -0.15) is 0 Å². The number of ether oxygens (including phenoxy) is 4. The van der Waals surface area contributed by atoms with Crippen LogP contribution in [0.4, 0.5) is 0 Å². The number of rotatable bonds is 14. The van der Waals surface area contributed by atoms with E-state index in [0.717, 1.165) is 0 Å². The SMILES string of the molecule is CCOC(=O)[C@H]1C(=O)[C@H](CC)[C@@H](CCCC(=O)OC)[C@@H]([N+](=O)[O-])[C@@H]1CC(OCC)OCC. The van der Waals surface area contributed by atoms with E-state index in [1.165, 1.54) is 7.11 Å². The maximum absolute atomic E-state index is 13.4. The molecule has 10 nitrogen and oxygen atoms in total. The fourth-order valence-corrected chi connectivity index (χ4v) is 4.75. The standard InChI is InChI=1S/C22H37NO9/c1-6-14-15(11-10-12-17(24)29-5)20(23(27)28)16(13-18(30-7-2)31-8-3)19(21(14)25)22(26)32-9-4/h14-16,18-20H,6-13H2,1-5H3/t14-,15-,16-,19-,20-/m1/s1. The molecule has 1 fully saturated rings. The molecule has 0 radical (unpaired) electrons. The minimum atomic E-state index is -1.25. The Morgan fingerprint density at radius 2 is 1.69 bits per heavy atom. The second-order valence-corrected chi connectivity index (χ2v) is 7.79. The molecule has 1 aliphatic carbocycles. The Morgan fingerprint density at radius 3 is 2.16 bits per heavy atom. The van der Waals surface area contributed by atoms with E-state index in [1.54, 1.807) is 27.7 Å².